The summed E-state index contributed by atoms with van der Waals surface area (Å²) in [6.07, 6.45) is 0.788. The van der Waals surface area contributed by atoms with E-state index in [1.807, 2.05) is 18.2 Å². The van der Waals surface area contributed by atoms with Gasteiger partial charge in [0.15, 0.2) is 0 Å². The lowest BCUT2D eigenvalue weighted by molar-refractivity contribution is 0.172. The summed E-state index contributed by atoms with van der Waals surface area (Å²) in [6.45, 7) is 7.49. The Balaban J connectivity index is 1.93. The monoisotopic (exact) mass is 388 g/mol. The minimum Gasteiger partial charge on any atom is -0.492 e. The Bertz CT molecular complexity index is 1000. The highest BCUT2D eigenvalue weighted by Crippen LogP contribution is 2.33. The zero-order valence-electron chi connectivity index (χ0n) is 17.4. The predicted molar refractivity (Wildman–Crippen MR) is 120 cm³/mol. The molecule has 3 rings (SSSR count). The van der Waals surface area contributed by atoms with E-state index < -0.39 is 0 Å². The van der Waals surface area contributed by atoms with Gasteiger partial charge in [0.05, 0.1) is 6.61 Å². The van der Waals surface area contributed by atoms with Gasteiger partial charge in [-0.3, -0.25) is 0 Å². The first-order chi connectivity index (χ1) is 14.2. The lowest BCUT2D eigenvalue weighted by Gasteiger charge is -2.21. The summed E-state index contributed by atoms with van der Waals surface area (Å²) in [6, 6.07) is 21.0. The van der Waals surface area contributed by atoms with Gasteiger partial charge >= 0.3 is 0 Å². The largest absolute Gasteiger partial charge is 0.492 e. The molecule has 0 atom stereocenters. The van der Waals surface area contributed by atoms with Crippen LogP contribution in [0.15, 0.2) is 54.6 Å². The van der Waals surface area contributed by atoms with Crippen molar-refractivity contribution in [3.05, 3.63) is 60.2 Å². The molecule has 29 heavy (non-hydrogen) atoms. The Hall–Kier alpha value is -3.03. The van der Waals surface area contributed by atoms with E-state index in [0.29, 0.717) is 24.5 Å². The van der Waals surface area contributed by atoms with Gasteiger partial charge in [-0.25, -0.2) is 0 Å². The van der Waals surface area contributed by atoms with Crippen LogP contribution in [0, 0.1) is 11.3 Å². The lowest BCUT2D eigenvalue weighted by atomic mass is 9.97. The van der Waals surface area contributed by atoms with E-state index in [2.05, 4.69) is 61.2 Å². The fourth-order valence-corrected chi connectivity index (χ4v) is 3.58. The van der Waals surface area contributed by atoms with Gasteiger partial charge in [0.25, 0.3) is 0 Å². The lowest BCUT2D eigenvalue weighted by Crippen LogP contribution is -2.21. The molecule has 0 bridgehead atoms. The number of nitrogens with zero attached hydrogens (tertiary/aromatic N) is 2. The normalized spacial score (nSPS) is 10.7. The fraction of sp³-hybridized carbons (Fsp3) is 0.320. The molecule has 0 aliphatic rings. The number of hydrogen-bond acceptors (Lipinski definition) is 4. The van der Waals surface area contributed by atoms with Crippen LogP contribution in [0.25, 0.3) is 21.9 Å². The van der Waals surface area contributed by atoms with Crippen LogP contribution in [-0.2, 0) is 4.74 Å². The number of rotatable bonds is 9. The van der Waals surface area contributed by atoms with Gasteiger partial charge in [-0.15, -0.1) is 0 Å². The van der Waals surface area contributed by atoms with E-state index in [-0.39, 0.29) is 0 Å². The maximum atomic E-state index is 9.77. The number of fused-ring (bicyclic) bond motifs is 1. The molecule has 0 spiro atoms. The Kier molecular flexibility index (Phi) is 7.10. The Morgan fingerprint density at radius 1 is 0.931 bits per heavy atom. The maximum absolute atomic E-state index is 9.77. The van der Waals surface area contributed by atoms with Crippen LogP contribution in [0.3, 0.4) is 0 Å². The molecular weight excluding hydrogens is 360 g/mol. The summed E-state index contributed by atoms with van der Waals surface area (Å²) in [4.78, 5) is 2.34. The number of ether oxygens (including phenoxy) is 2. The van der Waals surface area contributed by atoms with Crippen molar-refractivity contribution in [1.82, 2.24) is 0 Å². The quantitative estimate of drug-likeness (QED) is 0.445. The van der Waals surface area contributed by atoms with Crippen LogP contribution in [0.5, 0.6) is 5.75 Å². The molecule has 4 nitrogen and oxygen atoms in total. The van der Waals surface area contributed by atoms with Gasteiger partial charge in [-0.05, 0) is 54.4 Å². The van der Waals surface area contributed by atoms with E-state index >= 15 is 0 Å². The molecule has 0 aliphatic heterocycles. The molecule has 0 unspecified atom stereocenters. The molecule has 4 heteroatoms. The number of hydrogen-bond donors (Lipinski definition) is 0. The van der Waals surface area contributed by atoms with Crippen LogP contribution < -0.4 is 9.64 Å². The number of methoxy groups -OCH3 is 1. The van der Waals surface area contributed by atoms with Crippen molar-refractivity contribution >= 4 is 16.5 Å². The van der Waals surface area contributed by atoms with E-state index in [1.54, 1.807) is 7.11 Å². The second-order valence-corrected chi connectivity index (χ2v) is 6.90. The highest BCUT2D eigenvalue weighted by molar-refractivity contribution is 5.90. The minimum atomic E-state index is 0.526. The van der Waals surface area contributed by atoms with Crippen molar-refractivity contribution in [2.45, 2.75) is 20.3 Å². The van der Waals surface area contributed by atoms with Gasteiger partial charge in [0.2, 0.25) is 0 Å². The molecule has 0 saturated carbocycles. The SMILES string of the molecule is CCN(CC)c1ccc2cc(-c3cccc(OCCCOC)c3C#N)ccc2c1. The smallest absolute Gasteiger partial charge is 0.137 e. The average Bonchev–Trinajstić information content (AvgIpc) is 2.77. The van der Waals surface area contributed by atoms with E-state index in [1.165, 1.54) is 11.1 Å². The molecule has 0 saturated heterocycles. The van der Waals surface area contributed by atoms with Crippen molar-refractivity contribution < 1.29 is 9.47 Å². The third-order valence-electron chi connectivity index (χ3n) is 5.15. The average molecular weight is 389 g/mol. The van der Waals surface area contributed by atoms with E-state index in [0.717, 1.165) is 36.0 Å². The van der Waals surface area contributed by atoms with E-state index in [9.17, 15) is 5.26 Å². The van der Waals surface area contributed by atoms with E-state index in [4.69, 9.17) is 9.47 Å². The predicted octanol–water partition coefficient (Wildman–Crippen LogP) is 5.64. The van der Waals surface area contributed by atoms with Crippen molar-refractivity contribution in [2.24, 2.45) is 0 Å². The summed E-state index contributed by atoms with van der Waals surface area (Å²) in [5, 5.41) is 12.1. The molecule has 3 aromatic carbocycles. The third-order valence-corrected chi connectivity index (χ3v) is 5.15. The van der Waals surface area contributed by atoms with Gasteiger partial charge < -0.3 is 14.4 Å². The van der Waals surface area contributed by atoms with Crippen LogP contribution in [0.1, 0.15) is 25.8 Å². The van der Waals surface area contributed by atoms with Crippen molar-refractivity contribution in [2.75, 3.05) is 38.3 Å². The first kappa shape index (κ1) is 20.7. The second kappa shape index (κ2) is 9.95. The zero-order chi connectivity index (χ0) is 20.6. The molecule has 0 aliphatic carbocycles. The number of benzene rings is 3. The molecule has 0 amide bonds. The summed E-state index contributed by atoms with van der Waals surface area (Å²) < 4.78 is 10.9. The first-order valence-electron chi connectivity index (χ1n) is 10.2. The van der Waals surface area contributed by atoms with Gasteiger partial charge in [-0.2, -0.15) is 5.26 Å². The van der Waals surface area contributed by atoms with Gasteiger partial charge in [-0.1, -0.05) is 30.3 Å². The summed E-state index contributed by atoms with van der Waals surface area (Å²) in [7, 11) is 1.67. The summed E-state index contributed by atoms with van der Waals surface area (Å²) in [5.74, 6) is 0.623. The fourth-order valence-electron chi connectivity index (χ4n) is 3.58. The molecular formula is C25H28N2O2. The topological polar surface area (TPSA) is 45.5 Å². The molecule has 150 valence electrons. The summed E-state index contributed by atoms with van der Waals surface area (Å²) in [5.41, 5.74) is 3.72. The molecule has 0 aromatic heterocycles. The molecule has 0 fully saturated rings. The van der Waals surface area contributed by atoms with Crippen LogP contribution in [0.2, 0.25) is 0 Å². The Morgan fingerprint density at radius 2 is 1.69 bits per heavy atom. The maximum Gasteiger partial charge on any atom is 0.137 e. The Morgan fingerprint density at radius 3 is 2.41 bits per heavy atom. The van der Waals surface area contributed by atoms with Gasteiger partial charge in [0, 0.05) is 44.5 Å². The number of nitriles is 1. The van der Waals surface area contributed by atoms with Crippen molar-refractivity contribution in [1.29, 1.82) is 5.26 Å². The van der Waals surface area contributed by atoms with Crippen LogP contribution in [0.4, 0.5) is 5.69 Å². The minimum absolute atomic E-state index is 0.526. The second-order valence-electron chi connectivity index (χ2n) is 6.90. The Labute approximate surface area is 173 Å². The molecule has 0 N–H and O–H groups in total. The standard InChI is InChI=1S/C25H28N2O2/c1-4-27(5-2)22-13-12-19-16-21(11-10-20(19)17-22)23-8-6-9-25(24(23)18-26)29-15-7-14-28-3/h6,8-13,16-17H,4-5,7,14-15H2,1-3H3. The first-order valence-corrected chi connectivity index (χ1v) is 10.2. The van der Waals surface area contributed by atoms with Crippen molar-refractivity contribution in [3.8, 4) is 22.9 Å². The zero-order valence-corrected chi connectivity index (χ0v) is 17.4. The highest BCUT2D eigenvalue weighted by atomic mass is 16.5. The third kappa shape index (κ3) is 4.70. The van der Waals surface area contributed by atoms with Crippen LogP contribution in [-0.4, -0.2) is 33.4 Å². The highest BCUT2D eigenvalue weighted by Gasteiger charge is 2.12. The summed E-state index contributed by atoms with van der Waals surface area (Å²) >= 11 is 0. The molecule has 0 heterocycles. The molecule has 0 radical (unpaired) electrons. The van der Waals surface area contributed by atoms with Crippen molar-refractivity contribution in [3.63, 3.8) is 0 Å². The van der Waals surface area contributed by atoms with Gasteiger partial charge in [0.1, 0.15) is 17.4 Å². The van der Waals surface area contributed by atoms with Crippen LogP contribution >= 0.6 is 0 Å². The number of anilines is 1. The molecule has 3 aromatic rings.